The topological polar surface area (TPSA) is 28.9 Å². The number of benzene rings is 2. The molecule has 2 aromatic carbocycles. The summed E-state index contributed by atoms with van der Waals surface area (Å²) >= 11 is 5.73. The van der Waals surface area contributed by atoms with E-state index in [1.165, 1.54) is 17.7 Å². The van der Waals surface area contributed by atoms with Crippen molar-refractivity contribution in [2.24, 2.45) is 0 Å². The molecule has 0 unspecified atom stereocenters. The van der Waals surface area contributed by atoms with Gasteiger partial charge in [-0.05, 0) is 23.3 Å². The zero-order valence-corrected chi connectivity index (χ0v) is 16.7. The molecule has 1 fully saturated rings. The number of morpholine rings is 1. The summed E-state index contributed by atoms with van der Waals surface area (Å²) in [5.41, 5.74) is 2.55. The lowest BCUT2D eigenvalue weighted by Crippen LogP contribution is -3.14. The first-order chi connectivity index (χ1) is 13.3. The summed E-state index contributed by atoms with van der Waals surface area (Å²) in [7, 11) is 0. The van der Waals surface area contributed by atoms with Gasteiger partial charge in [-0.2, -0.15) is 0 Å². The van der Waals surface area contributed by atoms with Crippen molar-refractivity contribution in [3.8, 4) is 0 Å². The van der Waals surface area contributed by atoms with Gasteiger partial charge in [0.2, 0.25) is 0 Å². The van der Waals surface area contributed by atoms with Gasteiger partial charge in [0.05, 0.1) is 19.8 Å². The van der Waals surface area contributed by atoms with E-state index in [2.05, 4.69) is 70.9 Å². The number of ether oxygens (including phenoxy) is 1. The molecule has 1 aliphatic heterocycles. The third kappa shape index (κ3) is 6.94. The van der Waals surface area contributed by atoms with Crippen LogP contribution < -0.4 is 10.2 Å². The van der Waals surface area contributed by atoms with Crippen molar-refractivity contribution < 1.29 is 9.64 Å². The third-order valence-corrected chi connectivity index (χ3v) is 5.31. The molecule has 2 aromatic rings. The van der Waals surface area contributed by atoms with Crippen molar-refractivity contribution in [3.05, 3.63) is 71.8 Å². The number of hydrogen-bond donors (Lipinski definition) is 2. The Bertz CT molecular complexity index is 633. The molecule has 1 heterocycles. The Morgan fingerprint density at radius 3 is 2.04 bits per heavy atom. The Kier molecular flexibility index (Phi) is 8.08. The number of rotatable bonds is 8. The average molecular weight is 385 g/mol. The van der Waals surface area contributed by atoms with Crippen molar-refractivity contribution in [1.82, 2.24) is 10.2 Å². The van der Waals surface area contributed by atoms with Crippen LogP contribution in [0.3, 0.4) is 0 Å². The molecule has 0 aliphatic carbocycles. The fourth-order valence-corrected chi connectivity index (χ4v) is 3.59. The summed E-state index contributed by atoms with van der Waals surface area (Å²) in [4.78, 5) is 3.89. The van der Waals surface area contributed by atoms with Gasteiger partial charge >= 0.3 is 0 Å². The van der Waals surface area contributed by atoms with Gasteiger partial charge < -0.3 is 19.9 Å². The van der Waals surface area contributed by atoms with Crippen molar-refractivity contribution in [2.75, 3.05) is 39.4 Å². The van der Waals surface area contributed by atoms with Crippen LogP contribution in [0, 0.1) is 0 Å². The van der Waals surface area contributed by atoms with Crippen molar-refractivity contribution >= 4 is 17.3 Å². The van der Waals surface area contributed by atoms with E-state index in [1.807, 2.05) is 0 Å². The Balaban J connectivity index is 1.51. The maximum atomic E-state index is 5.73. The predicted octanol–water partition coefficient (Wildman–Crippen LogP) is 1.87. The molecule has 0 amide bonds. The molecule has 2 N–H and O–H groups in total. The van der Waals surface area contributed by atoms with E-state index in [4.69, 9.17) is 17.0 Å². The molecule has 1 aliphatic rings. The maximum Gasteiger partial charge on any atom is 0.169 e. The fraction of sp³-hybridized carbons (Fsp3) is 0.409. The first-order valence-electron chi connectivity index (χ1n) is 9.83. The Labute approximate surface area is 168 Å². The van der Waals surface area contributed by atoms with Crippen LogP contribution in [0.5, 0.6) is 0 Å². The molecule has 0 bridgehead atoms. The van der Waals surface area contributed by atoms with Gasteiger partial charge in [-0.3, -0.25) is 0 Å². The van der Waals surface area contributed by atoms with Crippen LogP contribution in [0.25, 0.3) is 0 Å². The van der Waals surface area contributed by atoms with Crippen LogP contribution in [0.4, 0.5) is 0 Å². The summed E-state index contributed by atoms with van der Waals surface area (Å²) in [6.07, 6.45) is 1.12. The van der Waals surface area contributed by atoms with Gasteiger partial charge in [0.15, 0.2) is 5.11 Å². The minimum absolute atomic E-state index is 0.816. The summed E-state index contributed by atoms with van der Waals surface area (Å²) in [5, 5.41) is 4.31. The van der Waals surface area contributed by atoms with E-state index in [1.54, 1.807) is 4.90 Å². The smallest absolute Gasteiger partial charge is 0.169 e. The van der Waals surface area contributed by atoms with Gasteiger partial charge in [0.25, 0.3) is 0 Å². The highest BCUT2D eigenvalue weighted by Gasteiger charge is 2.14. The summed E-state index contributed by atoms with van der Waals surface area (Å²) < 4.78 is 5.42. The van der Waals surface area contributed by atoms with Crippen molar-refractivity contribution in [1.29, 1.82) is 0 Å². The monoisotopic (exact) mass is 384 g/mol. The maximum absolute atomic E-state index is 5.73. The summed E-state index contributed by atoms with van der Waals surface area (Å²) in [5.74, 6) is 0. The number of quaternary nitrogens is 1. The molecule has 144 valence electrons. The van der Waals surface area contributed by atoms with E-state index in [-0.39, 0.29) is 0 Å². The third-order valence-electron chi connectivity index (χ3n) is 4.90. The van der Waals surface area contributed by atoms with Crippen LogP contribution in [-0.4, -0.2) is 49.4 Å². The predicted molar refractivity (Wildman–Crippen MR) is 114 cm³/mol. The molecule has 27 heavy (non-hydrogen) atoms. The standard InChI is InChI=1S/C22H29N3OS/c27-22(23-12-7-13-24-14-16-26-17-15-24)25(18-20-8-3-1-4-9-20)19-21-10-5-2-6-11-21/h1-6,8-11H,7,12-19H2,(H,23,27)/p+1. The average Bonchev–Trinajstić information content (AvgIpc) is 2.73. The Hall–Kier alpha value is -1.95. The Morgan fingerprint density at radius 1 is 0.926 bits per heavy atom. The number of nitrogens with one attached hydrogen (secondary N) is 2. The lowest BCUT2D eigenvalue weighted by atomic mass is 10.2. The molecule has 0 saturated carbocycles. The molecule has 3 rings (SSSR count). The zero-order valence-electron chi connectivity index (χ0n) is 15.9. The lowest BCUT2D eigenvalue weighted by Gasteiger charge is -2.27. The molecule has 1 saturated heterocycles. The van der Waals surface area contributed by atoms with E-state index in [9.17, 15) is 0 Å². The largest absolute Gasteiger partial charge is 0.370 e. The highest BCUT2D eigenvalue weighted by atomic mass is 32.1. The van der Waals surface area contributed by atoms with Gasteiger partial charge in [-0.25, -0.2) is 0 Å². The molecule has 0 atom stereocenters. The van der Waals surface area contributed by atoms with Gasteiger partial charge in [0, 0.05) is 26.1 Å². The van der Waals surface area contributed by atoms with Crippen LogP contribution in [-0.2, 0) is 17.8 Å². The minimum Gasteiger partial charge on any atom is -0.370 e. The number of thiocarbonyl (C=S) groups is 1. The van der Waals surface area contributed by atoms with E-state index < -0.39 is 0 Å². The van der Waals surface area contributed by atoms with Crippen molar-refractivity contribution in [2.45, 2.75) is 19.5 Å². The highest BCUT2D eigenvalue weighted by Crippen LogP contribution is 2.10. The van der Waals surface area contributed by atoms with Crippen LogP contribution in [0.2, 0.25) is 0 Å². The van der Waals surface area contributed by atoms with Gasteiger partial charge in [-0.15, -0.1) is 0 Å². The lowest BCUT2D eigenvalue weighted by molar-refractivity contribution is -0.908. The SMILES string of the molecule is S=C(NCCC[NH+]1CCOCC1)N(Cc1ccccc1)Cc1ccccc1. The first kappa shape index (κ1) is 19.8. The van der Waals surface area contributed by atoms with E-state index in [0.717, 1.165) is 57.5 Å². The van der Waals surface area contributed by atoms with Crippen molar-refractivity contribution in [3.63, 3.8) is 0 Å². The van der Waals surface area contributed by atoms with Gasteiger partial charge in [0.1, 0.15) is 13.1 Å². The second-order valence-electron chi connectivity index (χ2n) is 7.03. The molecular weight excluding hydrogens is 354 g/mol. The normalized spacial score (nSPS) is 14.7. The second-order valence-corrected chi connectivity index (χ2v) is 7.41. The zero-order chi connectivity index (χ0) is 18.7. The molecular formula is C22H30N3OS+. The molecule has 0 aromatic heterocycles. The molecule has 0 spiro atoms. The molecule has 4 nitrogen and oxygen atoms in total. The van der Waals surface area contributed by atoms with Crippen LogP contribution in [0.1, 0.15) is 17.5 Å². The number of hydrogen-bond acceptors (Lipinski definition) is 2. The highest BCUT2D eigenvalue weighted by molar-refractivity contribution is 7.80. The Morgan fingerprint density at radius 2 is 1.48 bits per heavy atom. The van der Waals surface area contributed by atoms with Crippen LogP contribution >= 0.6 is 12.2 Å². The summed E-state index contributed by atoms with van der Waals surface area (Å²) in [6.45, 7) is 7.76. The first-order valence-corrected chi connectivity index (χ1v) is 10.2. The minimum atomic E-state index is 0.816. The number of nitrogens with zero attached hydrogens (tertiary/aromatic N) is 1. The quantitative estimate of drug-likeness (QED) is 0.537. The fourth-order valence-electron chi connectivity index (χ4n) is 3.36. The van der Waals surface area contributed by atoms with Gasteiger partial charge in [-0.1, -0.05) is 60.7 Å². The molecule has 5 heteroatoms. The van der Waals surface area contributed by atoms with E-state index in [0.29, 0.717) is 0 Å². The van der Waals surface area contributed by atoms with Crippen LogP contribution in [0.15, 0.2) is 60.7 Å². The molecule has 0 radical (unpaired) electrons. The second kappa shape index (κ2) is 11.0. The summed E-state index contributed by atoms with van der Waals surface area (Å²) in [6, 6.07) is 21.0. The van der Waals surface area contributed by atoms with E-state index >= 15 is 0 Å².